The minimum absolute atomic E-state index is 0.0829. The third-order valence-corrected chi connectivity index (χ3v) is 5.78. The van der Waals surface area contributed by atoms with E-state index >= 15 is 0 Å². The van der Waals surface area contributed by atoms with Crippen molar-refractivity contribution in [2.75, 3.05) is 32.1 Å². The number of amides is 3. The minimum atomic E-state index is -4.60. The van der Waals surface area contributed by atoms with Gasteiger partial charge in [0.1, 0.15) is 17.5 Å². The average molecular weight is 479 g/mol. The first-order valence-electron chi connectivity index (χ1n) is 10.3. The fourth-order valence-electron chi connectivity index (χ4n) is 4.18. The molecule has 0 spiro atoms. The molecule has 2 unspecified atom stereocenters. The maximum Gasteiger partial charge on any atom is 0.419 e. The van der Waals surface area contributed by atoms with Crippen molar-refractivity contribution >= 4 is 23.3 Å². The number of nitrogens with one attached hydrogen (secondary N) is 1. The predicted octanol–water partition coefficient (Wildman–Crippen LogP) is 2.89. The molecular weight excluding hydrogens is 458 g/mol. The molecule has 2 aromatic rings. The number of fused-ring (bicyclic) bond motifs is 1. The molecule has 0 aromatic heterocycles. The molecule has 2 aliphatic rings. The van der Waals surface area contributed by atoms with Gasteiger partial charge in [0.25, 0.3) is 0 Å². The molecule has 2 aliphatic heterocycles. The van der Waals surface area contributed by atoms with Crippen LogP contribution in [0.2, 0.25) is 0 Å². The fraction of sp³-hybridized carbons (Fsp3) is 0.318. The van der Waals surface area contributed by atoms with Crippen molar-refractivity contribution < 1.29 is 31.9 Å². The van der Waals surface area contributed by atoms with Crippen molar-refractivity contribution in [3.8, 4) is 5.75 Å². The molecule has 12 heteroatoms. The van der Waals surface area contributed by atoms with Crippen LogP contribution in [0.4, 0.5) is 28.0 Å². The number of alkyl halides is 3. The molecule has 8 nitrogen and oxygen atoms in total. The summed E-state index contributed by atoms with van der Waals surface area (Å²) in [5, 5.41) is 8.67. The van der Waals surface area contributed by atoms with E-state index in [9.17, 15) is 27.2 Å². The Morgan fingerprint density at radius 1 is 1.18 bits per heavy atom. The molecule has 4 rings (SSSR count). The van der Waals surface area contributed by atoms with Gasteiger partial charge >= 0.3 is 12.2 Å². The Morgan fingerprint density at radius 3 is 2.59 bits per heavy atom. The lowest BCUT2D eigenvalue weighted by molar-refractivity contribution is -0.138. The zero-order chi connectivity index (χ0) is 24.6. The summed E-state index contributed by atoms with van der Waals surface area (Å²) in [6, 6.07) is 7.58. The molecule has 0 bridgehead atoms. The number of hydrogen-bond donors (Lipinski definition) is 2. The number of primary amides is 1. The van der Waals surface area contributed by atoms with Gasteiger partial charge in [-0.2, -0.15) is 18.3 Å². The Balaban J connectivity index is 1.50. The third-order valence-electron chi connectivity index (χ3n) is 5.78. The lowest BCUT2D eigenvalue weighted by atomic mass is 9.89. The van der Waals surface area contributed by atoms with E-state index in [0.717, 1.165) is 25.3 Å². The average Bonchev–Trinajstić information content (AvgIpc) is 3.17. The highest BCUT2D eigenvalue weighted by molar-refractivity contribution is 6.14. The highest BCUT2D eigenvalue weighted by Crippen LogP contribution is 2.37. The highest BCUT2D eigenvalue weighted by atomic mass is 19.4. The molecule has 180 valence electrons. The zero-order valence-electron chi connectivity index (χ0n) is 18.0. The largest absolute Gasteiger partial charge is 0.496 e. The molecule has 0 saturated carbocycles. The Morgan fingerprint density at radius 2 is 1.94 bits per heavy atom. The van der Waals surface area contributed by atoms with Crippen molar-refractivity contribution in [1.82, 2.24) is 9.91 Å². The maximum atomic E-state index is 13.7. The number of ether oxygens (including phenoxy) is 1. The summed E-state index contributed by atoms with van der Waals surface area (Å²) >= 11 is 0. The van der Waals surface area contributed by atoms with Gasteiger partial charge in [0.05, 0.1) is 31.0 Å². The molecule has 2 aromatic carbocycles. The number of rotatable bonds is 4. The number of nitrogens with two attached hydrogens (primary N) is 1. The summed E-state index contributed by atoms with van der Waals surface area (Å²) in [4.78, 5) is 26.5. The van der Waals surface area contributed by atoms with Crippen molar-refractivity contribution in [2.45, 2.75) is 12.2 Å². The van der Waals surface area contributed by atoms with Crippen LogP contribution in [-0.4, -0.2) is 60.3 Å². The molecular formula is C22H21F4N5O3. The number of nitrogens with zero attached hydrogens (tertiary/aromatic N) is 3. The van der Waals surface area contributed by atoms with Gasteiger partial charge in [-0.25, -0.2) is 9.18 Å². The van der Waals surface area contributed by atoms with E-state index in [0.29, 0.717) is 11.3 Å². The number of urea groups is 1. The van der Waals surface area contributed by atoms with E-state index in [1.807, 2.05) is 0 Å². The first-order chi connectivity index (χ1) is 16.1. The molecule has 34 heavy (non-hydrogen) atoms. The van der Waals surface area contributed by atoms with Crippen LogP contribution in [0, 0.1) is 11.7 Å². The standard InChI is InChI=1S/C22H21F4N5O3/c1-34-17-10-14(5-6-15(17)22(24,25)26)28-21(33)30-7-8-31-16(11-30)18(20(27)32)19(29-31)12-3-2-4-13(23)9-12/h2-6,9-10,16,18H,7-8,11H2,1H3,(H2,27,32)(H,28,33). The molecule has 0 aliphatic carbocycles. The lowest BCUT2D eigenvalue weighted by Crippen LogP contribution is -2.56. The molecule has 0 radical (unpaired) electrons. The van der Waals surface area contributed by atoms with Gasteiger partial charge < -0.3 is 20.7 Å². The Labute approximate surface area is 191 Å². The van der Waals surface area contributed by atoms with Crippen LogP contribution < -0.4 is 15.8 Å². The molecule has 1 saturated heterocycles. The fourth-order valence-corrected chi connectivity index (χ4v) is 4.18. The first-order valence-corrected chi connectivity index (χ1v) is 10.3. The second kappa shape index (κ2) is 8.84. The zero-order valence-corrected chi connectivity index (χ0v) is 18.0. The summed E-state index contributed by atoms with van der Waals surface area (Å²) in [5.41, 5.74) is 5.54. The van der Waals surface area contributed by atoms with Gasteiger partial charge in [0.2, 0.25) is 5.91 Å². The smallest absolute Gasteiger partial charge is 0.419 e. The number of methoxy groups -OCH3 is 1. The van der Waals surface area contributed by atoms with Gasteiger partial charge in [-0.05, 0) is 24.3 Å². The monoisotopic (exact) mass is 479 g/mol. The molecule has 2 heterocycles. The number of hydrazone groups is 1. The quantitative estimate of drug-likeness (QED) is 0.659. The van der Waals surface area contributed by atoms with Crippen LogP contribution >= 0.6 is 0 Å². The predicted molar refractivity (Wildman–Crippen MR) is 115 cm³/mol. The van der Waals surface area contributed by atoms with Crippen LogP contribution in [0.1, 0.15) is 11.1 Å². The third kappa shape index (κ3) is 4.47. The van der Waals surface area contributed by atoms with E-state index in [1.165, 1.54) is 23.1 Å². The lowest BCUT2D eigenvalue weighted by Gasteiger charge is -2.38. The van der Waals surface area contributed by atoms with Gasteiger partial charge in [0.15, 0.2) is 0 Å². The number of piperazine rings is 1. The van der Waals surface area contributed by atoms with Crippen molar-refractivity contribution in [3.63, 3.8) is 0 Å². The molecule has 3 N–H and O–H groups in total. The number of anilines is 1. The van der Waals surface area contributed by atoms with Crippen molar-refractivity contribution in [2.24, 2.45) is 16.8 Å². The Kier molecular flexibility index (Phi) is 6.07. The van der Waals surface area contributed by atoms with Gasteiger partial charge in [-0.1, -0.05) is 12.1 Å². The minimum Gasteiger partial charge on any atom is -0.496 e. The van der Waals surface area contributed by atoms with Gasteiger partial charge in [-0.3, -0.25) is 9.80 Å². The first kappa shape index (κ1) is 23.3. The summed E-state index contributed by atoms with van der Waals surface area (Å²) in [6.45, 7) is 0.613. The second-order valence-corrected chi connectivity index (χ2v) is 7.90. The molecule has 2 atom stereocenters. The Hall–Kier alpha value is -3.83. The number of hydrogen-bond acceptors (Lipinski definition) is 5. The maximum absolute atomic E-state index is 13.7. The number of carbonyl (C=O) groups is 2. The second-order valence-electron chi connectivity index (χ2n) is 7.90. The number of halogens is 4. The van der Waals surface area contributed by atoms with E-state index in [1.54, 1.807) is 11.1 Å². The van der Waals surface area contributed by atoms with Gasteiger partial charge in [0, 0.05) is 30.4 Å². The molecule has 1 fully saturated rings. The Bertz CT molecular complexity index is 1150. The SMILES string of the molecule is COc1cc(NC(=O)N2CCN3N=C(c4cccc(F)c4)C(C(N)=O)C3C2)ccc1C(F)(F)F. The normalized spacial score (nSPS) is 20.0. The van der Waals surface area contributed by atoms with Crippen LogP contribution in [-0.2, 0) is 11.0 Å². The van der Waals surface area contributed by atoms with E-state index in [-0.39, 0.29) is 25.3 Å². The van der Waals surface area contributed by atoms with Crippen LogP contribution in [0.25, 0.3) is 0 Å². The van der Waals surface area contributed by atoms with E-state index in [4.69, 9.17) is 10.5 Å². The van der Waals surface area contributed by atoms with Crippen LogP contribution in [0.15, 0.2) is 47.6 Å². The number of benzene rings is 2. The van der Waals surface area contributed by atoms with Crippen LogP contribution in [0.5, 0.6) is 5.75 Å². The summed E-state index contributed by atoms with van der Waals surface area (Å²) in [7, 11) is 1.11. The summed E-state index contributed by atoms with van der Waals surface area (Å²) < 4.78 is 57.8. The van der Waals surface area contributed by atoms with Crippen molar-refractivity contribution in [3.05, 3.63) is 59.4 Å². The van der Waals surface area contributed by atoms with E-state index in [2.05, 4.69) is 10.4 Å². The van der Waals surface area contributed by atoms with Crippen molar-refractivity contribution in [1.29, 1.82) is 0 Å². The van der Waals surface area contributed by atoms with Gasteiger partial charge in [-0.15, -0.1) is 0 Å². The molecule has 3 amide bonds. The topological polar surface area (TPSA) is 100 Å². The highest BCUT2D eigenvalue weighted by Gasteiger charge is 2.45. The summed E-state index contributed by atoms with van der Waals surface area (Å²) in [5.74, 6) is -2.44. The van der Waals surface area contributed by atoms with Crippen LogP contribution in [0.3, 0.4) is 0 Å². The van der Waals surface area contributed by atoms with E-state index < -0.39 is 47.2 Å². The summed E-state index contributed by atoms with van der Waals surface area (Å²) in [6.07, 6.45) is -4.60. The number of carbonyl (C=O) groups excluding carboxylic acids is 2.